The molecule has 2 aromatic rings. The SMILES string of the molecule is Cc1cc(NC(=O)COC(=O)C(C#N)=Cc2ccc(Cl)cc2)ccc1Br. The van der Waals surface area contributed by atoms with E-state index in [0.29, 0.717) is 16.3 Å². The van der Waals surface area contributed by atoms with Gasteiger partial charge in [-0.3, -0.25) is 4.79 Å². The molecule has 26 heavy (non-hydrogen) atoms. The molecule has 5 nitrogen and oxygen atoms in total. The predicted octanol–water partition coefficient (Wildman–Crippen LogP) is 4.50. The zero-order chi connectivity index (χ0) is 19.1. The predicted molar refractivity (Wildman–Crippen MR) is 104 cm³/mol. The Kier molecular flexibility index (Phi) is 6.96. The highest BCUT2D eigenvalue weighted by molar-refractivity contribution is 9.10. The van der Waals surface area contributed by atoms with Crippen LogP contribution < -0.4 is 5.32 Å². The highest BCUT2D eigenvalue weighted by atomic mass is 79.9. The van der Waals surface area contributed by atoms with E-state index >= 15 is 0 Å². The van der Waals surface area contributed by atoms with Crippen LogP contribution in [0.15, 0.2) is 52.5 Å². The van der Waals surface area contributed by atoms with Crippen LogP contribution in [0.3, 0.4) is 0 Å². The quantitative estimate of drug-likeness (QED) is 0.428. The number of halogens is 2. The van der Waals surface area contributed by atoms with Crippen molar-refractivity contribution < 1.29 is 14.3 Å². The number of nitriles is 1. The number of rotatable bonds is 5. The molecule has 1 N–H and O–H groups in total. The Morgan fingerprint density at radius 2 is 1.96 bits per heavy atom. The minimum atomic E-state index is -0.871. The van der Waals surface area contributed by atoms with Crippen molar-refractivity contribution in [2.75, 3.05) is 11.9 Å². The number of hydrogen-bond donors (Lipinski definition) is 1. The molecule has 132 valence electrons. The monoisotopic (exact) mass is 432 g/mol. The van der Waals surface area contributed by atoms with Crippen molar-refractivity contribution in [2.24, 2.45) is 0 Å². The van der Waals surface area contributed by atoms with Crippen LogP contribution in [0.2, 0.25) is 5.02 Å². The molecule has 0 spiro atoms. The summed E-state index contributed by atoms with van der Waals surface area (Å²) >= 11 is 9.16. The molecule has 1 amide bonds. The smallest absolute Gasteiger partial charge is 0.349 e. The van der Waals surface area contributed by atoms with Crippen LogP contribution in [-0.2, 0) is 14.3 Å². The first-order valence-electron chi connectivity index (χ1n) is 7.49. The lowest BCUT2D eigenvalue weighted by Gasteiger charge is -2.08. The van der Waals surface area contributed by atoms with Gasteiger partial charge in [0.25, 0.3) is 5.91 Å². The fourth-order valence-corrected chi connectivity index (χ4v) is 2.36. The Morgan fingerprint density at radius 1 is 1.27 bits per heavy atom. The van der Waals surface area contributed by atoms with Gasteiger partial charge in [0.05, 0.1) is 0 Å². The molecule has 0 atom stereocenters. The summed E-state index contributed by atoms with van der Waals surface area (Å²) in [5, 5.41) is 12.3. The standard InChI is InChI=1S/C19H14BrClN2O3/c1-12-8-16(6-7-17(12)20)23-18(24)11-26-19(25)14(10-22)9-13-2-4-15(21)5-3-13/h2-9H,11H2,1H3,(H,23,24). The molecule has 0 saturated heterocycles. The van der Waals surface area contributed by atoms with Gasteiger partial charge in [-0.25, -0.2) is 4.79 Å². The van der Waals surface area contributed by atoms with Crippen LogP contribution in [0.5, 0.6) is 0 Å². The number of aryl methyl sites for hydroxylation is 1. The van der Waals surface area contributed by atoms with Gasteiger partial charge in [-0.05, 0) is 54.5 Å². The Balaban J connectivity index is 1.95. The molecule has 0 aliphatic rings. The van der Waals surface area contributed by atoms with Crippen molar-refractivity contribution >= 4 is 51.2 Å². The van der Waals surface area contributed by atoms with Crippen LogP contribution >= 0.6 is 27.5 Å². The number of carbonyl (C=O) groups excluding carboxylic acids is 2. The van der Waals surface area contributed by atoms with Crippen LogP contribution in [0.4, 0.5) is 5.69 Å². The largest absolute Gasteiger partial charge is 0.451 e. The van der Waals surface area contributed by atoms with Crippen molar-refractivity contribution in [1.29, 1.82) is 5.26 Å². The lowest BCUT2D eigenvalue weighted by Crippen LogP contribution is -2.21. The molecule has 0 aliphatic heterocycles. The number of carbonyl (C=O) groups is 2. The first kappa shape index (κ1) is 19.7. The van der Waals surface area contributed by atoms with E-state index in [9.17, 15) is 9.59 Å². The molecule has 0 fully saturated rings. The van der Waals surface area contributed by atoms with Gasteiger partial charge in [0, 0.05) is 15.2 Å². The van der Waals surface area contributed by atoms with Crippen molar-refractivity contribution in [1.82, 2.24) is 0 Å². The summed E-state index contributed by atoms with van der Waals surface area (Å²) in [5.74, 6) is -1.37. The van der Waals surface area contributed by atoms with E-state index in [1.54, 1.807) is 48.5 Å². The molecule has 2 aromatic carbocycles. The van der Waals surface area contributed by atoms with Crippen molar-refractivity contribution in [3.05, 3.63) is 68.7 Å². The molecule has 0 aliphatic carbocycles. The Labute approximate surface area is 164 Å². The minimum Gasteiger partial charge on any atom is -0.451 e. The molecule has 0 saturated carbocycles. The Hall–Kier alpha value is -2.62. The van der Waals surface area contributed by atoms with Gasteiger partial charge in [-0.15, -0.1) is 0 Å². The van der Waals surface area contributed by atoms with Crippen LogP contribution in [0, 0.1) is 18.3 Å². The zero-order valence-corrected chi connectivity index (χ0v) is 16.1. The third-order valence-electron chi connectivity index (χ3n) is 3.30. The highest BCUT2D eigenvalue weighted by Gasteiger charge is 2.13. The lowest BCUT2D eigenvalue weighted by atomic mass is 10.1. The van der Waals surface area contributed by atoms with Gasteiger partial charge >= 0.3 is 5.97 Å². The van der Waals surface area contributed by atoms with Gasteiger partial charge in [0.1, 0.15) is 11.6 Å². The summed E-state index contributed by atoms with van der Waals surface area (Å²) in [7, 11) is 0. The number of nitrogens with one attached hydrogen (secondary N) is 1. The van der Waals surface area contributed by atoms with Gasteiger partial charge in [0.2, 0.25) is 0 Å². The second-order valence-corrected chi connectivity index (χ2v) is 6.60. The highest BCUT2D eigenvalue weighted by Crippen LogP contribution is 2.20. The summed E-state index contributed by atoms with van der Waals surface area (Å²) in [6.07, 6.45) is 1.37. The number of hydrogen-bond acceptors (Lipinski definition) is 4. The van der Waals surface area contributed by atoms with E-state index < -0.39 is 18.5 Å². The van der Waals surface area contributed by atoms with Gasteiger partial charge in [-0.2, -0.15) is 5.26 Å². The Morgan fingerprint density at radius 3 is 2.58 bits per heavy atom. The Bertz CT molecular complexity index is 902. The van der Waals surface area contributed by atoms with Gasteiger partial charge < -0.3 is 10.1 Å². The summed E-state index contributed by atoms with van der Waals surface area (Å²) in [6, 6.07) is 13.7. The van der Waals surface area contributed by atoms with E-state index in [0.717, 1.165) is 10.0 Å². The maximum absolute atomic E-state index is 12.0. The first-order chi connectivity index (χ1) is 12.4. The second kappa shape index (κ2) is 9.18. The lowest BCUT2D eigenvalue weighted by molar-refractivity contribution is -0.142. The summed E-state index contributed by atoms with van der Waals surface area (Å²) in [4.78, 5) is 23.9. The molecule has 7 heteroatoms. The number of nitrogens with zero attached hydrogens (tertiary/aromatic N) is 1. The third kappa shape index (κ3) is 5.73. The zero-order valence-electron chi connectivity index (χ0n) is 13.8. The summed E-state index contributed by atoms with van der Waals surface area (Å²) in [5.41, 5.74) is 1.96. The number of amides is 1. The van der Waals surface area contributed by atoms with Crippen molar-refractivity contribution in [3.63, 3.8) is 0 Å². The van der Waals surface area contributed by atoms with Crippen molar-refractivity contribution in [2.45, 2.75) is 6.92 Å². The number of benzene rings is 2. The molecule has 0 unspecified atom stereocenters. The molecule has 0 aromatic heterocycles. The topological polar surface area (TPSA) is 79.2 Å². The van der Waals surface area contributed by atoms with E-state index in [4.69, 9.17) is 21.6 Å². The number of anilines is 1. The van der Waals surface area contributed by atoms with E-state index in [-0.39, 0.29) is 5.57 Å². The third-order valence-corrected chi connectivity index (χ3v) is 4.44. The molecule has 0 radical (unpaired) electrons. The molecule has 0 heterocycles. The van der Waals surface area contributed by atoms with Crippen LogP contribution in [0.1, 0.15) is 11.1 Å². The average molecular weight is 434 g/mol. The fraction of sp³-hybridized carbons (Fsp3) is 0.105. The van der Waals surface area contributed by atoms with Crippen LogP contribution in [-0.4, -0.2) is 18.5 Å². The fourth-order valence-electron chi connectivity index (χ4n) is 1.99. The molecule has 2 rings (SSSR count). The maximum Gasteiger partial charge on any atom is 0.349 e. The van der Waals surface area contributed by atoms with Crippen LogP contribution in [0.25, 0.3) is 6.08 Å². The molecular weight excluding hydrogens is 420 g/mol. The average Bonchev–Trinajstić information content (AvgIpc) is 2.62. The van der Waals surface area contributed by atoms with Crippen molar-refractivity contribution in [3.8, 4) is 6.07 Å². The summed E-state index contributed by atoms with van der Waals surface area (Å²) < 4.78 is 5.83. The van der Waals surface area contributed by atoms with Gasteiger partial charge in [-0.1, -0.05) is 39.7 Å². The number of ether oxygens (including phenoxy) is 1. The number of esters is 1. The van der Waals surface area contributed by atoms with E-state index in [2.05, 4.69) is 21.2 Å². The summed E-state index contributed by atoms with van der Waals surface area (Å²) in [6.45, 7) is 1.40. The maximum atomic E-state index is 12.0. The minimum absolute atomic E-state index is 0.209. The second-order valence-electron chi connectivity index (χ2n) is 5.31. The first-order valence-corrected chi connectivity index (χ1v) is 8.66. The molecule has 0 bridgehead atoms. The normalized spacial score (nSPS) is 10.8. The van der Waals surface area contributed by atoms with E-state index in [1.807, 2.05) is 6.92 Å². The van der Waals surface area contributed by atoms with Gasteiger partial charge in [0.15, 0.2) is 6.61 Å². The molecular formula is C19H14BrClN2O3. The van der Waals surface area contributed by atoms with E-state index in [1.165, 1.54) is 6.08 Å².